The van der Waals surface area contributed by atoms with E-state index in [-0.39, 0.29) is 0 Å². The van der Waals surface area contributed by atoms with Crippen molar-refractivity contribution < 1.29 is 4.42 Å². The van der Waals surface area contributed by atoms with Crippen LogP contribution in [0.3, 0.4) is 0 Å². The molecule has 96 valence electrons. The standard InChI is InChI=1S/C12H16N4OS/c1-13-9-4-5-16(7-9)8-11-14-15-12(17-11)10-3-2-6-18-10/h2-3,6,9,13H,4-5,7-8H2,1H3. The molecular formula is C12H16N4OS. The van der Waals surface area contributed by atoms with E-state index in [1.54, 1.807) is 11.3 Å². The molecule has 0 saturated carbocycles. The molecule has 1 N–H and O–H groups in total. The normalized spacial score (nSPS) is 20.6. The minimum Gasteiger partial charge on any atom is -0.419 e. The number of hydrogen-bond donors (Lipinski definition) is 1. The Kier molecular flexibility index (Phi) is 3.40. The van der Waals surface area contributed by atoms with Crippen LogP contribution in [0.15, 0.2) is 21.9 Å². The van der Waals surface area contributed by atoms with Crippen molar-refractivity contribution in [1.29, 1.82) is 0 Å². The molecule has 1 aliphatic rings. The topological polar surface area (TPSA) is 54.2 Å². The predicted molar refractivity (Wildman–Crippen MR) is 70.4 cm³/mol. The summed E-state index contributed by atoms with van der Waals surface area (Å²) >= 11 is 1.62. The lowest BCUT2D eigenvalue weighted by Gasteiger charge is -2.12. The highest BCUT2D eigenvalue weighted by Gasteiger charge is 2.22. The summed E-state index contributed by atoms with van der Waals surface area (Å²) in [7, 11) is 2.01. The highest BCUT2D eigenvalue weighted by molar-refractivity contribution is 7.13. The molecule has 0 radical (unpaired) electrons. The first-order valence-corrected chi connectivity index (χ1v) is 6.99. The number of likely N-dealkylation sites (N-methyl/N-ethyl adjacent to an activating group) is 1. The molecule has 6 heteroatoms. The smallest absolute Gasteiger partial charge is 0.257 e. The van der Waals surface area contributed by atoms with E-state index >= 15 is 0 Å². The molecule has 2 aromatic rings. The minimum atomic E-state index is 0.588. The van der Waals surface area contributed by atoms with Crippen molar-refractivity contribution in [3.05, 3.63) is 23.4 Å². The maximum absolute atomic E-state index is 5.68. The van der Waals surface area contributed by atoms with E-state index in [1.807, 2.05) is 24.6 Å². The SMILES string of the molecule is CNC1CCN(Cc2nnc(-c3cccs3)o2)C1. The molecule has 0 spiro atoms. The molecule has 0 bridgehead atoms. The summed E-state index contributed by atoms with van der Waals surface area (Å²) in [5, 5.41) is 13.5. The zero-order valence-electron chi connectivity index (χ0n) is 10.3. The fourth-order valence-electron chi connectivity index (χ4n) is 2.22. The van der Waals surface area contributed by atoms with Gasteiger partial charge in [0.15, 0.2) is 0 Å². The van der Waals surface area contributed by atoms with Gasteiger partial charge in [-0.3, -0.25) is 4.90 Å². The molecule has 0 aliphatic carbocycles. The van der Waals surface area contributed by atoms with Crippen molar-refractivity contribution >= 4 is 11.3 Å². The van der Waals surface area contributed by atoms with Gasteiger partial charge in [-0.25, -0.2) is 0 Å². The first-order valence-electron chi connectivity index (χ1n) is 6.11. The minimum absolute atomic E-state index is 0.588. The Labute approximate surface area is 110 Å². The maximum atomic E-state index is 5.68. The number of likely N-dealkylation sites (tertiary alicyclic amines) is 1. The molecular weight excluding hydrogens is 248 g/mol. The molecule has 1 saturated heterocycles. The molecule has 1 aliphatic heterocycles. The van der Waals surface area contributed by atoms with E-state index in [1.165, 1.54) is 6.42 Å². The van der Waals surface area contributed by atoms with Gasteiger partial charge in [-0.1, -0.05) is 6.07 Å². The van der Waals surface area contributed by atoms with E-state index < -0.39 is 0 Å². The largest absolute Gasteiger partial charge is 0.419 e. The van der Waals surface area contributed by atoms with Crippen LogP contribution in [0.4, 0.5) is 0 Å². The summed E-state index contributed by atoms with van der Waals surface area (Å²) in [5.74, 6) is 1.33. The maximum Gasteiger partial charge on any atom is 0.257 e. The Morgan fingerprint density at radius 2 is 2.50 bits per heavy atom. The van der Waals surface area contributed by atoms with E-state index in [0.29, 0.717) is 17.8 Å². The Morgan fingerprint density at radius 1 is 1.56 bits per heavy atom. The molecule has 0 aromatic carbocycles. The first-order chi connectivity index (χ1) is 8.85. The van der Waals surface area contributed by atoms with E-state index in [2.05, 4.69) is 20.4 Å². The Bertz CT molecular complexity index is 496. The third kappa shape index (κ3) is 2.45. The fourth-order valence-corrected chi connectivity index (χ4v) is 2.86. The van der Waals surface area contributed by atoms with Gasteiger partial charge in [0.2, 0.25) is 5.89 Å². The zero-order chi connectivity index (χ0) is 12.4. The fraction of sp³-hybridized carbons (Fsp3) is 0.500. The van der Waals surface area contributed by atoms with Crippen LogP contribution >= 0.6 is 11.3 Å². The number of thiophene rings is 1. The van der Waals surface area contributed by atoms with Crippen LogP contribution in [0.1, 0.15) is 12.3 Å². The highest BCUT2D eigenvalue weighted by Crippen LogP contribution is 2.23. The van der Waals surface area contributed by atoms with Crippen LogP contribution in [-0.2, 0) is 6.54 Å². The molecule has 0 amide bonds. The molecule has 18 heavy (non-hydrogen) atoms. The van der Waals surface area contributed by atoms with Crippen LogP contribution in [0, 0.1) is 0 Å². The van der Waals surface area contributed by atoms with Gasteiger partial charge in [-0.15, -0.1) is 21.5 Å². The summed E-state index contributed by atoms with van der Waals surface area (Å²) in [6.45, 7) is 2.88. The van der Waals surface area contributed by atoms with Crippen molar-refractivity contribution in [2.75, 3.05) is 20.1 Å². The molecule has 2 aromatic heterocycles. The van der Waals surface area contributed by atoms with E-state index in [9.17, 15) is 0 Å². The number of rotatable bonds is 4. The summed E-state index contributed by atoms with van der Waals surface area (Å²) in [6.07, 6.45) is 1.18. The summed E-state index contributed by atoms with van der Waals surface area (Å²) in [4.78, 5) is 3.37. The number of nitrogens with zero attached hydrogens (tertiary/aromatic N) is 3. The lowest BCUT2D eigenvalue weighted by Crippen LogP contribution is -2.29. The average molecular weight is 264 g/mol. The number of aromatic nitrogens is 2. The van der Waals surface area contributed by atoms with Gasteiger partial charge in [0.1, 0.15) is 0 Å². The predicted octanol–water partition coefficient (Wildman–Crippen LogP) is 1.59. The van der Waals surface area contributed by atoms with Gasteiger partial charge in [0, 0.05) is 19.1 Å². The third-order valence-corrected chi connectivity index (χ3v) is 4.10. The Balaban J connectivity index is 1.64. The number of nitrogens with one attached hydrogen (secondary N) is 1. The molecule has 3 heterocycles. The monoisotopic (exact) mass is 264 g/mol. The lowest BCUT2D eigenvalue weighted by molar-refractivity contribution is 0.286. The summed E-state index contributed by atoms with van der Waals surface area (Å²) in [5.41, 5.74) is 0. The van der Waals surface area contributed by atoms with Crippen molar-refractivity contribution in [2.24, 2.45) is 0 Å². The first kappa shape index (κ1) is 11.8. The Hall–Kier alpha value is -1.24. The second-order valence-corrected chi connectivity index (χ2v) is 5.44. The second kappa shape index (κ2) is 5.17. The van der Waals surface area contributed by atoms with Gasteiger partial charge in [0.05, 0.1) is 11.4 Å². The number of hydrogen-bond acceptors (Lipinski definition) is 6. The lowest BCUT2D eigenvalue weighted by atomic mass is 10.3. The van der Waals surface area contributed by atoms with Crippen LogP contribution in [-0.4, -0.2) is 41.3 Å². The van der Waals surface area contributed by atoms with Gasteiger partial charge in [-0.05, 0) is 24.9 Å². The second-order valence-electron chi connectivity index (χ2n) is 4.49. The van der Waals surface area contributed by atoms with Crippen molar-refractivity contribution in [1.82, 2.24) is 20.4 Å². The molecule has 3 rings (SSSR count). The average Bonchev–Trinajstić information content (AvgIpc) is 3.10. The summed E-state index contributed by atoms with van der Waals surface area (Å²) < 4.78 is 5.68. The molecule has 1 atom stereocenters. The van der Waals surface area contributed by atoms with Gasteiger partial charge >= 0.3 is 0 Å². The van der Waals surface area contributed by atoms with Crippen molar-refractivity contribution in [3.63, 3.8) is 0 Å². The molecule has 5 nitrogen and oxygen atoms in total. The Morgan fingerprint density at radius 3 is 3.22 bits per heavy atom. The zero-order valence-corrected chi connectivity index (χ0v) is 11.1. The van der Waals surface area contributed by atoms with E-state index in [0.717, 1.165) is 24.5 Å². The van der Waals surface area contributed by atoms with Crippen LogP contribution in [0.25, 0.3) is 10.8 Å². The van der Waals surface area contributed by atoms with Gasteiger partial charge < -0.3 is 9.73 Å². The third-order valence-electron chi connectivity index (χ3n) is 3.24. The highest BCUT2D eigenvalue weighted by atomic mass is 32.1. The molecule has 1 fully saturated rings. The van der Waals surface area contributed by atoms with Crippen molar-refractivity contribution in [3.8, 4) is 10.8 Å². The van der Waals surface area contributed by atoms with E-state index in [4.69, 9.17) is 4.42 Å². The summed E-state index contributed by atoms with van der Waals surface area (Å²) in [6, 6.07) is 4.57. The van der Waals surface area contributed by atoms with Gasteiger partial charge in [-0.2, -0.15) is 0 Å². The quantitative estimate of drug-likeness (QED) is 0.909. The van der Waals surface area contributed by atoms with Crippen molar-refractivity contribution in [2.45, 2.75) is 19.0 Å². The molecule has 1 unspecified atom stereocenters. The van der Waals surface area contributed by atoms with Gasteiger partial charge in [0.25, 0.3) is 5.89 Å². The van der Waals surface area contributed by atoms with Crippen LogP contribution in [0.5, 0.6) is 0 Å². The van der Waals surface area contributed by atoms with Crippen LogP contribution in [0.2, 0.25) is 0 Å². The van der Waals surface area contributed by atoms with Crippen LogP contribution < -0.4 is 5.32 Å².